The molecule has 3 aromatic carbocycles. The van der Waals surface area contributed by atoms with Gasteiger partial charge in [-0.1, -0.05) is 18.2 Å². The number of hydrogen-bond acceptors (Lipinski definition) is 6. The van der Waals surface area contributed by atoms with Gasteiger partial charge in [0.15, 0.2) is 0 Å². The molecule has 0 saturated heterocycles. The summed E-state index contributed by atoms with van der Waals surface area (Å²) in [5, 5.41) is 14.7. The molecule has 4 aromatic rings. The lowest BCUT2D eigenvalue weighted by molar-refractivity contribution is -0.384. The molecule has 0 unspecified atom stereocenters. The first-order valence-electron chi connectivity index (χ1n) is 11.6. The molecule has 0 aliphatic heterocycles. The molecule has 180 valence electrons. The zero-order valence-electron chi connectivity index (χ0n) is 19.3. The van der Waals surface area contributed by atoms with Gasteiger partial charge < -0.3 is 9.15 Å². The summed E-state index contributed by atoms with van der Waals surface area (Å²) in [4.78, 5) is 22.7. The molecule has 8 heteroatoms. The number of ether oxygens (including phenoxy) is 1. The fraction of sp³-hybridized carbons (Fsp3) is 0.143. The van der Waals surface area contributed by atoms with Gasteiger partial charge in [-0.2, -0.15) is 5.10 Å². The van der Waals surface area contributed by atoms with Gasteiger partial charge in [0.1, 0.15) is 23.9 Å². The highest BCUT2D eigenvalue weighted by atomic mass is 16.6. The van der Waals surface area contributed by atoms with Crippen molar-refractivity contribution in [1.82, 2.24) is 5.43 Å². The smallest absolute Gasteiger partial charge is 0.271 e. The predicted octanol–water partition coefficient (Wildman–Crippen LogP) is 5.69. The Balaban J connectivity index is 1.13. The van der Waals surface area contributed by atoms with E-state index < -0.39 is 4.92 Å². The number of fused-ring (bicyclic) bond motifs is 1. The third kappa shape index (κ3) is 5.33. The Labute approximate surface area is 207 Å². The van der Waals surface area contributed by atoms with E-state index in [1.165, 1.54) is 35.9 Å². The highest BCUT2D eigenvalue weighted by Crippen LogP contribution is 2.27. The second kappa shape index (κ2) is 10.3. The topological polar surface area (TPSA) is 107 Å². The first-order chi connectivity index (χ1) is 17.5. The normalized spacial score (nSPS) is 12.4. The molecule has 1 aliphatic carbocycles. The van der Waals surface area contributed by atoms with Crippen LogP contribution in [0.15, 0.2) is 88.4 Å². The number of nitro benzene ring substituents is 1. The van der Waals surface area contributed by atoms with Crippen LogP contribution in [-0.2, 0) is 19.4 Å². The molecule has 5 rings (SSSR count). The van der Waals surface area contributed by atoms with Crippen LogP contribution in [-0.4, -0.2) is 17.0 Å². The lowest BCUT2D eigenvalue weighted by atomic mass is 10.1. The van der Waals surface area contributed by atoms with Crippen LogP contribution in [0, 0.1) is 10.1 Å². The zero-order chi connectivity index (χ0) is 24.9. The standard InChI is InChI=1S/C28H23N3O5/c32-28(30-29-17-26-14-15-27(36-26)21-8-11-24(12-9-21)31(33)34)22-6-4-19(5-7-22)18-35-25-13-10-20-2-1-3-23(20)16-25/h4-17H,1-3,18H2,(H,30,32)/b29-17+. The van der Waals surface area contributed by atoms with Crippen LogP contribution < -0.4 is 10.2 Å². The fourth-order valence-corrected chi connectivity index (χ4v) is 4.10. The van der Waals surface area contributed by atoms with Crippen LogP contribution >= 0.6 is 0 Å². The van der Waals surface area contributed by atoms with E-state index in [9.17, 15) is 14.9 Å². The second-order valence-electron chi connectivity index (χ2n) is 8.47. The lowest BCUT2D eigenvalue weighted by Gasteiger charge is -2.09. The van der Waals surface area contributed by atoms with Crippen molar-refractivity contribution in [3.05, 3.63) is 117 Å². The predicted molar refractivity (Wildman–Crippen MR) is 135 cm³/mol. The highest BCUT2D eigenvalue weighted by Gasteiger charge is 2.12. The Bertz CT molecular complexity index is 1420. The number of rotatable bonds is 8. The summed E-state index contributed by atoms with van der Waals surface area (Å²) in [6, 6.07) is 22.9. The number of non-ortho nitro benzene ring substituents is 1. The summed E-state index contributed by atoms with van der Waals surface area (Å²) in [5.74, 6) is 1.49. The minimum absolute atomic E-state index is 0.00873. The maximum Gasteiger partial charge on any atom is 0.271 e. The van der Waals surface area contributed by atoms with Gasteiger partial charge in [0.25, 0.3) is 11.6 Å². The lowest BCUT2D eigenvalue weighted by Crippen LogP contribution is -2.17. The summed E-state index contributed by atoms with van der Waals surface area (Å²) in [6.45, 7) is 0.425. The van der Waals surface area contributed by atoms with Crippen molar-refractivity contribution < 1.29 is 18.9 Å². The van der Waals surface area contributed by atoms with Crippen LogP contribution in [0.5, 0.6) is 5.75 Å². The average molecular weight is 482 g/mol. The van der Waals surface area contributed by atoms with E-state index in [0.717, 1.165) is 24.2 Å². The van der Waals surface area contributed by atoms with Gasteiger partial charge in [-0.25, -0.2) is 5.43 Å². The van der Waals surface area contributed by atoms with Crippen molar-refractivity contribution in [3.63, 3.8) is 0 Å². The Morgan fingerprint density at radius 1 is 1.00 bits per heavy atom. The third-order valence-corrected chi connectivity index (χ3v) is 6.04. The van der Waals surface area contributed by atoms with E-state index in [0.29, 0.717) is 29.3 Å². The van der Waals surface area contributed by atoms with Gasteiger partial charge in [0.2, 0.25) is 0 Å². The van der Waals surface area contributed by atoms with Crippen molar-refractivity contribution in [1.29, 1.82) is 0 Å². The van der Waals surface area contributed by atoms with E-state index in [1.54, 1.807) is 36.4 Å². The van der Waals surface area contributed by atoms with Crippen LogP contribution in [0.2, 0.25) is 0 Å². The molecule has 0 atom stereocenters. The summed E-state index contributed by atoms with van der Waals surface area (Å²) >= 11 is 0. The van der Waals surface area contributed by atoms with Crippen LogP contribution in [0.25, 0.3) is 11.3 Å². The number of nitrogens with zero attached hydrogens (tertiary/aromatic N) is 2. The van der Waals surface area contributed by atoms with Crippen LogP contribution in [0.3, 0.4) is 0 Å². The number of nitro groups is 1. The van der Waals surface area contributed by atoms with Crippen molar-refractivity contribution in [2.24, 2.45) is 5.10 Å². The molecule has 1 amide bonds. The third-order valence-electron chi connectivity index (χ3n) is 6.04. The maximum atomic E-state index is 12.4. The number of hydrogen-bond donors (Lipinski definition) is 1. The monoisotopic (exact) mass is 481 g/mol. The number of nitrogens with one attached hydrogen (secondary N) is 1. The Hall–Kier alpha value is -4.72. The highest BCUT2D eigenvalue weighted by molar-refractivity contribution is 5.94. The molecule has 0 saturated carbocycles. The molecule has 1 N–H and O–H groups in total. The van der Waals surface area contributed by atoms with Gasteiger partial charge in [0.05, 0.1) is 11.1 Å². The largest absolute Gasteiger partial charge is 0.489 e. The molecular formula is C28H23N3O5. The van der Waals surface area contributed by atoms with Crippen molar-refractivity contribution >= 4 is 17.8 Å². The van der Waals surface area contributed by atoms with E-state index in [4.69, 9.17) is 9.15 Å². The minimum Gasteiger partial charge on any atom is -0.489 e. The van der Waals surface area contributed by atoms with Gasteiger partial charge >= 0.3 is 0 Å². The maximum absolute atomic E-state index is 12.4. The first kappa shape index (κ1) is 23.0. The first-order valence-corrected chi connectivity index (χ1v) is 11.6. The average Bonchev–Trinajstić information content (AvgIpc) is 3.57. The van der Waals surface area contributed by atoms with E-state index in [-0.39, 0.29) is 11.6 Å². The van der Waals surface area contributed by atoms with Crippen LogP contribution in [0.1, 0.15) is 39.2 Å². The second-order valence-corrected chi connectivity index (χ2v) is 8.47. The minimum atomic E-state index is -0.455. The Kier molecular flexibility index (Phi) is 6.57. The number of hydrazone groups is 1. The molecule has 0 radical (unpaired) electrons. The molecule has 0 fully saturated rings. The van der Waals surface area contributed by atoms with Crippen molar-refractivity contribution in [2.75, 3.05) is 0 Å². The Morgan fingerprint density at radius 2 is 1.78 bits per heavy atom. The molecular weight excluding hydrogens is 458 g/mol. The molecule has 8 nitrogen and oxygen atoms in total. The number of benzene rings is 3. The zero-order valence-corrected chi connectivity index (χ0v) is 19.3. The molecule has 1 aromatic heterocycles. The number of amides is 1. The molecule has 0 bridgehead atoms. The van der Waals surface area contributed by atoms with E-state index >= 15 is 0 Å². The van der Waals surface area contributed by atoms with E-state index in [1.807, 2.05) is 18.2 Å². The van der Waals surface area contributed by atoms with Crippen molar-refractivity contribution in [3.8, 4) is 17.1 Å². The van der Waals surface area contributed by atoms with Gasteiger partial charge in [-0.15, -0.1) is 0 Å². The summed E-state index contributed by atoms with van der Waals surface area (Å²) < 4.78 is 11.6. The number of carbonyl (C=O) groups excluding carboxylic acids is 1. The van der Waals surface area contributed by atoms with Crippen LogP contribution in [0.4, 0.5) is 5.69 Å². The quantitative estimate of drug-likeness (QED) is 0.198. The van der Waals surface area contributed by atoms with Gasteiger partial charge in [-0.3, -0.25) is 14.9 Å². The molecule has 1 aliphatic rings. The van der Waals surface area contributed by atoms with Gasteiger partial charge in [0, 0.05) is 23.3 Å². The van der Waals surface area contributed by atoms with Crippen molar-refractivity contribution in [2.45, 2.75) is 25.9 Å². The SMILES string of the molecule is O=C(N/N=C/c1ccc(-c2ccc([N+](=O)[O-])cc2)o1)c1ccc(COc2ccc3c(c2)CCC3)cc1. The Morgan fingerprint density at radius 3 is 2.56 bits per heavy atom. The molecule has 36 heavy (non-hydrogen) atoms. The van der Waals surface area contributed by atoms with E-state index in [2.05, 4.69) is 22.7 Å². The molecule has 0 spiro atoms. The summed E-state index contributed by atoms with van der Waals surface area (Å²) in [7, 11) is 0. The fourth-order valence-electron chi connectivity index (χ4n) is 4.10. The summed E-state index contributed by atoms with van der Waals surface area (Å²) in [5.41, 5.74) is 7.41. The number of carbonyl (C=O) groups is 1. The summed E-state index contributed by atoms with van der Waals surface area (Å²) in [6.07, 6.45) is 4.86. The number of furan rings is 1. The van der Waals surface area contributed by atoms with Gasteiger partial charge in [-0.05, 0) is 84.5 Å². The molecule has 1 heterocycles. The number of aryl methyl sites for hydroxylation is 2.